The molecule has 0 aliphatic carbocycles. The van der Waals surface area contributed by atoms with Crippen molar-refractivity contribution < 1.29 is 4.79 Å². The van der Waals surface area contributed by atoms with E-state index >= 15 is 0 Å². The van der Waals surface area contributed by atoms with Crippen LogP contribution in [0, 0.1) is 3.57 Å². The number of carbonyl (C=O) groups is 1. The number of hydrogen-bond acceptors (Lipinski definition) is 1. The highest BCUT2D eigenvalue weighted by molar-refractivity contribution is 14.1. The molecule has 2 aromatic rings. The fourth-order valence-electron chi connectivity index (χ4n) is 1.78. The summed E-state index contributed by atoms with van der Waals surface area (Å²) in [4.78, 5) is 12.3. The Hall–Kier alpha value is -0.400. The van der Waals surface area contributed by atoms with Crippen LogP contribution in [0.2, 0.25) is 0 Å². The third kappa shape index (κ3) is 4.05. The van der Waals surface area contributed by atoms with E-state index in [4.69, 9.17) is 0 Å². The van der Waals surface area contributed by atoms with Crippen LogP contribution in [0.25, 0.3) is 0 Å². The molecule has 1 amide bonds. The van der Waals surface area contributed by atoms with Crippen LogP contribution in [0.4, 0.5) is 0 Å². The van der Waals surface area contributed by atoms with E-state index in [9.17, 15) is 4.79 Å². The minimum Gasteiger partial charge on any atom is -0.345 e. The van der Waals surface area contributed by atoms with Crippen LogP contribution in [0.3, 0.4) is 0 Å². The second-order valence-corrected chi connectivity index (χ2v) is 7.39. The van der Waals surface area contributed by atoms with Gasteiger partial charge < -0.3 is 5.32 Å². The van der Waals surface area contributed by atoms with Gasteiger partial charge in [0, 0.05) is 12.5 Å². The van der Waals surface area contributed by atoms with Crippen molar-refractivity contribution in [2.45, 2.75) is 13.0 Å². The number of hydrogen-bond donors (Lipinski definition) is 1. The Kier molecular flexibility index (Phi) is 5.63. The lowest BCUT2D eigenvalue weighted by molar-refractivity contribution is 0.0939. The highest BCUT2D eigenvalue weighted by atomic mass is 127. The van der Waals surface area contributed by atoms with Gasteiger partial charge in [0.15, 0.2) is 0 Å². The van der Waals surface area contributed by atoms with Crippen molar-refractivity contribution >= 4 is 60.4 Å². The molecule has 2 rings (SSSR count). The molecule has 0 unspecified atom stereocenters. The van der Waals surface area contributed by atoms with Crippen LogP contribution in [-0.2, 0) is 0 Å². The molecule has 0 aromatic heterocycles. The summed E-state index contributed by atoms with van der Waals surface area (Å²) >= 11 is 9.02. The Morgan fingerprint density at radius 2 is 1.80 bits per heavy atom. The van der Waals surface area contributed by atoms with Crippen molar-refractivity contribution in [3.63, 3.8) is 0 Å². The number of carbonyl (C=O) groups excluding carboxylic acids is 1. The molecule has 104 valence electrons. The van der Waals surface area contributed by atoms with Crippen molar-refractivity contribution in [2.75, 3.05) is 0 Å². The van der Waals surface area contributed by atoms with E-state index in [1.807, 2.05) is 49.4 Å². The van der Waals surface area contributed by atoms with Crippen LogP contribution < -0.4 is 5.32 Å². The summed E-state index contributed by atoms with van der Waals surface area (Å²) in [6.07, 6.45) is 0. The predicted molar refractivity (Wildman–Crippen MR) is 96.9 cm³/mol. The first kappa shape index (κ1) is 16.0. The number of benzene rings is 2. The fourth-order valence-corrected chi connectivity index (χ4v) is 2.96. The van der Waals surface area contributed by atoms with E-state index in [1.165, 1.54) is 0 Å². The fraction of sp³-hybridized carbons (Fsp3) is 0.133. The van der Waals surface area contributed by atoms with Gasteiger partial charge in [-0.2, -0.15) is 0 Å². The quantitative estimate of drug-likeness (QED) is 0.560. The van der Waals surface area contributed by atoms with Crippen molar-refractivity contribution in [2.24, 2.45) is 0 Å². The van der Waals surface area contributed by atoms with Crippen molar-refractivity contribution in [3.05, 3.63) is 66.1 Å². The maximum atomic E-state index is 12.3. The zero-order chi connectivity index (χ0) is 14.7. The molecule has 0 bridgehead atoms. The lowest BCUT2D eigenvalue weighted by Crippen LogP contribution is -2.27. The van der Waals surface area contributed by atoms with Crippen LogP contribution in [0.1, 0.15) is 28.9 Å². The van der Waals surface area contributed by atoms with Gasteiger partial charge in [0.1, 0.15) is 0 Å². The lowest BCUT2D eigenvalue weighted by Gasteiger charge is -2.15. The van der Waals surface area contributed by atoms with E-state index in [0.717, 1.165) is 18.1 Å². The molecular formula is C15H12Br2INO. The van der Waals surface area contributed by atoms with Crippen molar-refractivity contribution in [3.8, 4) is 0 Å². The number of rotatable bonds is 3. The molecule has 0 saturated heterocycles. The van der Waals surface area contributed by atoms with Crippen LogP contribution in [-0.4, -0.2) is 5.91 Å². The molecule has 2 nitrogen and oxygen atoms in total. The average molecular weight is 509 g/mol. The minimum absolute atomic E-state index is 0.0413. The minimum atomic E-state index is -0.0780. The first-order valence-electron chi connectivity index (χ1n) is 5.99. The van der Waals surface area contributed by atoms with E-state index < -0.39 is 0 Å². The average Bonchev–Trinajstić information content (AvgIpc) is 2.42. The molecule has 0 aliphatic heterocycles. The number of halogens is 3. The molecule has 0 heterocycles. The summed E-state index contributed by atoms with van der Waals surface area (Å²) in [7, 11) is 0. The lowest BCUT2D eigenvalue weighted by atomic mass is 10.1. The molecule has 5 heteroatoms. The molecule has 20 heavy (non-hydrogen) atoms. The molecular weight excluding hydrogens is 497 g/mol. The SMILES string of the molecule is C[C@H](NC(=O)c1cc(I)ccc1Br)c1ccc(Br)cc1. The molecule has 0 spiro atoms. The summed E-state index contributed by atoms with van der Waals surface area (Å²) in [5.41, 5.74) is 1.73. The highest BCUT2D eigenvalue weighted by Crippen LogP contribution is 2.21. The van der Waals surface area contributed by atoms with Gasteiger partial charge in [-0.1, -0.05) is 28.1 Å². The van der Waals surface area contributed by atoms with Crippen LogP contribution >= 0.6 is 54.5 Å². The Morgan fingerprint density at radius 3 is 2.45 bits per heavy atom. The Labute approximate surface area is 148 Å². The van der Waals surface area contributed by atoms with Crippen molar-refractivity contribution in [1.82, 2.24) is 5.32 Å². The zero-order valence-electron chi connectivity index (χ0n) is 10.7. The number of nitrogens with one attached hydrogen (secondary N) is 1. The monoisotopic (exact) mass is 507 g/mol. The smallest absolute Gasteiger partial charge is 0.252 e. The Bertz CT molecular complexity index is 628. The van der Waals surface area contributed by atoms with Crippen LogP contribution in [0.15, 0.2) is 51.4 Å². The summed E-state index contributed by atoms with van der Waals surface area (Å²) in [5.74, 6) is -0.0780. The standard InChI is InChI=1S/C15H12Br2INO/c1-9(10-2-4-11(16)5-3-10)19-15(20)13-8-12(18)6-7-14(13)17/h2-9H,1H3,(H,19,20)/t9-/m0/s1. The molecule has 0 fully saturated rings. The van der Waals surface area contributed by atoms with Gasteiger partial charge in [-0.05, 0) is 81.3 Å². The van der Waals surface area contributed by atoms with E-state index in [1.54, 1.807) is 0 Å². The predicted octanol–water partition coefficient (Wildman–Crippen LogP) is 5.31. The third-order valence-electron chi connectivity index (χ3n) is 2.89. The Morgan fingerprint density at radius 1 is 1.15 bits per heavy atom. The summed E-state index contributed by atoms with van der Waals surface area (Å²) in [6.45, 7) is 1.98. The summed E-state index contributed by atoms with van der Waals surface area (Å²) in [5, 5.41) is 3.01. The normalized spacial score (nSPS) is 12.0. The van der Waals surface area contributed by atoms with Gasteiger partial charge in [-0.25, -0.2) is 0 Å². The molecule has 0 aliphatic rings. The maximum absolute atomic E-state index is 12.3. The van der Waals surface area contributed by atoms with Gasteiger partial charge in [-0.15, -0.1) is 0 Å². The van der Waals surface area contributed by atoms with Crippen molar-refractivity contribution in [1.29, 1.82) is 0 Å². The number of amides is 1. The molecule has 0 saturated carbocycles. The van der Waals surface area contributed by atoms with Crippen LogP contribution in [0.5, 0.6) is 0 Å². The molecule has 1 atom stereocenters. The first-order chi connectivity index (χ1) is 9.47. The summed E-state index contributed by atoms with van der Waals surface area (Å²) < 4.78 is 2.87. The topological polar surface area (TPSA) is 29.1 Å². The van der Waals surface area contributed by atoms with E-state index in [-0.39, 0.29) is 11.9 Å². The first-order valence-corrected chi connectivity index (χ1v) is 8.65. The van der Waals surface area contributed by atoms with E-state index in [0.29, 0.717) is 5.56 Å². The third-order valence-corrected chi connectivity index (χ3v) is 4.78. The molecule has 2 aromatic carbocycles. The van der Waals surface area contributed by atoms with Gasteiger partial charge in [-0.3, -0.25) is 4.79 Å². The molecule has 1 N–H and O–H groups in total. The van der Waals surface area contributed by atoms with Gasteiger partial charge in [0.05, 0.1) is 11.6 Å². The van der Waals surface area contributed by atoms with Gasteiger partial charge in [0.2, 0.25) is 0 Å². The maximum Gasteiger partial charge on any atom is 0.252 e. The summed E-state index contributed by atoms with van der Waals surface area (Å²) in [6, 6.07) is 13.6. The van der Waals surface area contributed by atoms with E-state index in [2.05, 4.69) is 59.8 Å². The molecule has 0 radical (unpaired) electrons. The highest BCUT2D eigenvalue weighted by Gasteiger charge is 2.14. The second-order valence-electron chi connectivity index (χ2n) is 4.37. The largest absolute Gasteiger partial charge is 0.345 e. The van der Waals surface area contributed by atoms with Gasteiger partial charge >= 0.3 is 0 Å². The zero-order valence-corrected chi connectivity index (χ0v) is 16.0. The second kappa shape index (κ2) is 7.04. The Balaban J connectivity index is 2.15. The van der Waals surface area contributed by atoms with Gasteiger partial charge in [0.25, 0.3) is 5.91 Å².